The molecule has 15 heavy (non-hydrogen) atoms. The molecule has 88 valence electrons. The predicted octanol–water partition coefficient (Wildman–Crippen LogP) is -0.903. The molecule has 6 nitrogen and oxygen atoms in total. The van der Waals surface area contributed by atoms with Crippen molar-refractivity contribution in [2.24, 2.45) is 5.73 Å². The highest BCUT2D eigenvalue weighted by Crippen LogP contribution is 1.98. The van der Waals surface area contributed by atoms with Gasteiger partial charge < -0.3 is 10.5 Å². The topological polar surface area (TPSA) is 89.7 Å². The molecule has 0 aliphatic heterocycles. The van der Waals surface area contributed by atoms with Gasteiger partial charge in [0.05, 0.1) is 18.1 Å². The first-order chi connectivity index (χ1) is 6.79. The van der Waals surface area contributed by atoms with Gasteiger partial charge in [-0.25, -0.2) is 8.42 Å². The lowest BCUT2D eigenvalue weighted by Gasteiger charge is -2.15. The second-order valence-electron chi connectivity index (χ2n) is 2.78. The van der Waals surface area contributed by atoms with Crippen molar-refractivity contribution in [2.75, 3.05) is 26.0 Å². The Balaban J connectivity index is 4.41. The van der Waals surface area contributed by atoms with E-state index in [9.17, 15) is 13.2 Å². The first-order valence-corrected chi connectivity index (χ1v) is 6.19. The summed E-state index contributed by atoms with van der Waals surface area (Å²) in [5, 5.41) is 0. The van der Waals surface area contributed by atoms with Crippen molar-refractivity contribution < 1.29 is 17.9 Å². The van der Waals surface area contributed by atoms with E-state index < -0.39 is 21.7 Å². The molecule has 0 rings (SSSR count). The van der Waals surface area contributed by atoms with E-state index in [1.807, 2.05) is 0 Å². The van der Waals surface area contributed by atoms with Crippen LogP contribution in [0.15, 0.2) is 0 Å². The second-order valence-corrected chi connectivity index (χ2v) is 5.38. The van der Waals surface area contributed by atoms with Crippen molar-refractivity contribution in [3.63, 3.8) is 0 Å². The Hall–Kier alpha value is -0.730. The van der Waals surface area contributed by atoms with Gasteiger partial charge in [0.1, 0.15) is 0 Å². The Morgan fingerprint density at radius 2 is 2.07 bits per heavy atom. The molecular formula is C7H14N2O4S2. The highest BCUT2D eigenvalue weighted by Gasteiger charge is 2.22. The van der Waals surface area contributed by atoms with Gasteiger partial charge in [-0.15, -0.1) is 0 Å². The minimum absolute atomic E-state index is 0.0462. The van der Waals surface area contributed by atoms with Crippen LogP contribution < -0.4 is 5.73 Å². The van der Waals surface area contributed by atoms with Crippen LogP contribution in [-0.2, 0) is 19.6 Å². The molecule has 0 fully saturated rings. The molecule has 0 unspecified atom stereocenters. The highest BCUT2D eigenvalue weighted by atomic mass is 32.2. The molecule has 0 aromatic heterocycles. The van der Waals surface area contributed by atoms with Crippen LogP contribution >= 0.6 is 12.2 Å². The SMILES string of the molecule is CCOC(=O)CS(=O)(=O)N(C)CC(N)=S. The van der Waals surface area contributed by atoms with E-state index in [1.165, 1.54) is 7.05 Å². The maximum Gasteiger partial charge on any atom is 0.322 e. The molecule has 2 N–H and O–H groups in total. The number of carbonyl (C=O) groups excluding carboxylic acids is 1. The summed E-state index contributed by atoms with van der Waals surface area (Å²) in [6.07, 6.45) is 0. The maximum atomic E-state index is 11.5. The number of sulfonamides is 1. The van der Waals surface area contributed by atoms with Crippen molar-refractivity contribution in [1.29, 1.82) is 0 Å². The molecule has 0 heterocycles. The second kappa shape index (κ2) is 5.99. The molecule has 0 radical (unpaired) electrons. The van der Waals surface area contributed by atoms with Crippen LogP contribution in [0.1, 0.15) is 6.92 Å². The lowest BCUT2D eigenvalue weighted by Crippen LogP contribution is -2.38. The summed E-state index contributed by atoms with van der Waals surface area (Å²) in [5.74, 6) is -1.48. The molecule has 0 aliphatic carbocycles. The standard InChI is InChI=1S/C7H14N2O4S2/c1-3-13-7(10)5-15(11,12)9(2)4-6(8)14/h3-5H2,1-2H3,(H2,8,14). The highest BCUT2D eigenvalue weighted by molar-refractivity contribution is 7.89. The van der Waals surface area contributed by atoms with Crippen LogP contribution in [0.2, 0.25) is 0 Å². The molecule has 0 aromatic rings. The van der Waals surface area contributed by atoms with Crippen molar-refractivity contribution in [2.45, 2.75) is 6.92 Å². The van der Waals surface area contributed by atoms with Gasteiger partial charge in [0, 0.05) is 7.05 Å². The molecular weight excluding hydrogens is 240 g/mol. The number of carbonyl (C=O) groups is 1. The molecule has 0 spiro atoms. The van der Waals surface area contributed by atoms with Crippen LogP contribution in [0, 0.1) is 0 Å². The van der Waals surface area contributed by atoms with E-state index in [1.54, 1.807) is 6.92 Å². The smallest absolute Gasteiger partial charge is 0.322 e. The predicted molar refractivity (Wildman–Crippen MR) is 59.8 cm³/mol. The van der Waals surface area contributed by atoms with Crippen LogP contribution in [-0.4, -0.2) is 49.6 Å². The van der Waals surface area contributed by atoms with Gasteiger partial charge in [-0.3, -0.25) is 4.79 Å². The minimum Gasteiger partial charge on any atom is -0.465 e. The zero-order valence-electron chi connectivity index (χ0n) is 8.60. The molecule has 0 bridgehead atoms. The van der Waals surface area contributed by atoms with Crippen LogP contribution in [0.4, 0.5) is 0 Å². The zero-order chi connectivity index (χ0) is 12.1. The molecule has 0 aromatic carbocycles. The van der Waals surface area contributed by atoms with E-state index in [-0.39, 0.29) is 18.1 Å². The minimum atomic E-state index is -3.69. The largest absolute Gasteiger partial charge is 0.465 e. The molecule has 0 saturated heterocycles. The fourth-order valence-corrected chi connectivity index (χ4v) is 1.99. The average Bonchev–Trinajstić information content (AvgIpc) is 2.01. The summed E-state index contributed by atoms with van der Waals surface area (Å²) in [7, 11) is -2.39. The van der Waals surface area contributed by atoms with Gasteiger partial charge >= 0.3 is 5.97 Å². The number of hydrogen-bond acceptors (Lipinski definition) is 5. The molecule has 0 saturated carbocycles. The fraction of sp³-hybridized carbons (Fsp3) is 0.714. The van der Waals surface area contributed by atoms with Crippen LogP contribution in [0.5, 0.6) is 0 Å². The summed E-state index contributed by atoms with van der Waals surface area (Å²) >= 11 is 4.56. The van der Waals surface area contributed by atoms with Gasteiger partial charge in [-0.1, -0.05) is 12.2 Å². The Kier molecular flexibility index (Phi) is 5.69. The molecule has 8 heteroatoms. The lowest BCUT2D eigenvalue weighted by molar-refractivity contribution is -0.140. The molecule has 0 amide bonds. The first kappa shape index (κ1) is 14.3. The summed E-state index contributed by atoms with van der Waals surface area (Å²) in [5.41, 5.74) is 5.19. The number of nitrogens with zero attached hydrogens (tertiary/aromatic N) is 1. The van der Waals surface area contributed by atoms with Gasteiger partial charge in [-0.05, 0) is 6.92 Å². The molecule has 0 atom stereocenters. The summed E-state index contributed by atoms with van der Waals surface area (Å²) in [6, 6.07) is 0. The monoisotopic (exact) mass is 254 g/mol. The van der Waals surface area contributed by atoms with Gasteiger partial charge in [-0.2, -0.15) is 4.31 Å². The number of rotatable bonds is 6. The van der Waals surface area contributed by atoms with Gasteiger partial charge in [0.15, 0.2) is 5.75 Å². The van der Waals surface area contributed by atoms with E-state index in [0.29, 0.717) is 0 Å². The van der Waals surface area contributed by atoms with Gasteiger partial charge in [0.25, 0.3) is 0 Å². The number of hydrogen-bond donors (Lipinski definition) is 1. The Morgan fingerprint density at radius 1 is 1.53 bits per heavy atom. The first-order valence-electron chi connectivity index (χ1n) is 4.17. The molecule has 0 aliphatic rings. The normalized spacial score (nSPS) is 11.4. The Bertz CT molecular complexity index is 339. The van der Waals surface area contributed by atoms with E-state index in [4.69, 9.17) is 5.73 Å². The van der Waals surface area contributed by atoms with Gasteiger partial charge in [0.2, 0.25) is 10.0 Å². The number of thiocarbonyl (C=S) groups is 1. The van der Waals surface area contributed by atoms with E-state index >= 15 is 0 Å². The number of likely N-dealkylation sites (N-methyl/N-ethyl adjacent to an activating group) is 1. The number of nitrogens with two attached hydrogens (primary N) is 1. The third kappa shape index (κ3) is 5.65. The van der Waals surface area contributed by atoms with Crippen molar-refractivity contribution >= 4 is 33.2 Å². The van der Waals surface area contributed by atoms with Crippen molar-refractivity contribution in [1.82, 2.24) is 4.31 Å². The third-order valence-electron chi connectivity index (χ3n) is 1.46. The van der Waals surface area contributed by atoms with Crippen LogP contribution in [0.25, 0.3) is 0 Å². The van der Waals surface area contributed by atoms with Crippen LogP contribution in [0.3, 0.4) is 0 Å². The zero-order valence-corrected chi connectivity index (χ0v) is 10.2. The number of ether oxygens (including phenoxy) is 1. The number of esters is 1. The maximum absolute atomic E-state index is 11.5. The third-order valence-corrected chi connectivity index (χ3v) is 3.27. The van der Waals surface area contributed by atoms with Crippen molar-refractivity contribution in [3.05, 3.63) is 0 Å². The fourth-order valence-electron chi connectivity index (χ4n) is 0.780. The summed E-state index contributed by atoms with van der Waals surface area (Å²) in [4.78, 5) is 11.0. The Morgan fingerprint density at radius 3 is 2.47 bits per heavy atom. The average molecular weight is 254 g/mol. The lowest BCUT2D eigenvalue weighted by atomic mass is 10.7. The summed E-state index contributed by atoms with van der Waals surface area (Å²) < 4.78 is 28.4. The van der Waals surface area contributed by atoms with E-state index in [2.05, 4.69) is 17.0 Å². The Labute approximate surface area is 94.4 Å². The van der Waals surface area contributed by atoms with Crippen molar-refractivity contribution in [3.8, 4) is 0 Å². The summed E-state index contributed by atoms with van der Waals surface area (Å²) in [6.45, 7) is 1.66. The quantitative estimate of drug-likeness (QED) is 0.488. The van der Waals surface area contributed by atoms with E-state index in [0.717, 1.165) is 4.31 Å².